The summed E-state index contributed by atoms with van der Waals surface area (Å²) in [6, 6.07) is 24.1. The minimum Gasteiger partial charge on any atom is -0.465 e. The molecule has 0 aliphatic rings. The van der Waals surface area contributed by atoms with Gasteiger partial charge in [-0.05, 0) is 54.1 Å². The van der Waals surface area contributed by atoms with Crippen molar-refractivity contribution in [3.05, 3.63) is 90.0 Å². The Labute approximate surface area is 158 Å². The van der Waals surface area contributed by atoms with Crippen molar-refractivity contribution in [3.8, 4) is 0 Å². The monoisotopic (exact) mass is 360 g/mol. The van der Waals surface area contributed by atoms with Crippen LogP contribution in [0.25, 0.3) is 0 Å². The Kier molecular flexibility index (Phi) is 5.84. The molecule has 0 saturated heterocycles. The maximum absolute atomic E-state index is 12.1. The molecule has 0 aromatic heterocycles. The van der Waals surface area contributed by atoms with Crippen LogP contribution in [0.3, 0.4) is 0 Å². The Hall–Kier alpha value is -3.60. The van der Waals surface area contributed by atoms with Gasteiger partial charge < -0.3 is 15.4 Å². The third kappa shape index (κ3) is 5.19. The Morgan fingerprint density at radius 1 is 0.778 bits per heavy atom. The molecule has 3 aromatic carbocycles. The highest BCUT2D eigenvalue weighted by atomic mass is 16.5. The van der Waals surface area contributed by atoms with Gasteiger partial charge in [0.15, 0.2) is 0 Å². The van der Waals surface area contributed by atoms with Gasteiger partial charge in [0.2, 0.25) is 5.91 Å². The van der Waals surface area contributed by atoms with Crippen LogP contribution >= 0.6 is 0 Å². The minimum atomic E-state index is -0.364. The Balaban J connectivity index is 1.57. The van der Waals surface area contributed by atoms with Crippen molar-refractivity contribution in [1.29, 1.82) is 0 Å². The van der Waals surface area contributed by atoms with Gasteiger partial charge in [-0.3, -0.25) is 4.79 Å². The third-order valence-electron chi connectivity index (χ3n) is 3.97. The van der Waals surface area contributed by atoms with Gasteiger partial charge in [0, 0.05) is 17.1 Å². The number of nitrogens with one attached hydrogen (secondary N) is 2. The predicted octanol–water partition coefficient (Wildman–Crippen LogP) is 4.40. The van der Waals surface area contributed by atoms with Crippen molar-refractivity contribution in [3.63, 3.8) is 0 Å². The van der Waals surface area contributed by atoms with E-state index in [2.05, 4.69) is 15.4 Å². The van der Waals surface area contributed by atoms with E-state index in [9.17, 15) is 9.59 Å². The largest absolute Gasteiger partial charge is 0.465 e. The standard InChI is InChI=1S/C22H20N2O3/c1-27-22(26)17-7-9-18(10-8-17)23-19-11-13-20(14-12-19)24-21(25)15-16-5-3-2-4-6-16/h2-14,23H,15H2,1H3,(H,24,25). The second kappa shape index (κ2) is 8.67. The summed E-state index contributed by atoms with van der Waals surface area (Å²) in [7, 11) is 1.36. The topological polar surface area (TPSA) is 67.4 Å². The van der Waals surface area contributed by atoms with Crippen LogP contribution in [-0.4, -0.2) is 19.0 Å². The van der Waals surface area contributed by atoms with Crippen LogP contribution in [0.4, 0.5) is 17.1 Å². The molecule has 0 heterocycles. The van der Waals surface area contributed by atoms with E-state index in [4.69, 9.17) is 0 Å². The first-order valence-corrected chi connectivity index (χ1v) is 8.53. The van der Waals surface area contributed by atoms with Gasteiger partial charge in [0.25, 0.3) is 0 Å². The van der Waals surface area contributed by atoms with E-state index >= 15 is 0 Å². The molecule has 3 aromatic rings. The maximum Gasteiger partial charge on any atom is 0.337 e. The number of hydrogen-bond donors (Lipinski definition) is 2. The van der Waals surface area contributed by atoms with E-state index in [1.54, 1.807) is 12.1 Å². The summed E-state index contributed by atoms with van der Waals surface area (Å²) in [5.74, 6) is -0.419. The number of amides is 1. The van der Waals surface area contributed by atoms with Crippen LogP contribution in [0.1, 0.15) is 15.9 Å². The Morgan fingerprint density at radius 3 is 1.93 bits per heavy atom. The van der Waals surface area contributed by atoms with Crippen LogP contribution in [0.15, 0.2) is 78.9 Å². The van der Waals surface area contributed by atoms with Gasteiger partial charge in [-0.1, -0.05) is 30.3 Å². The molecular weight excluding hydrogens is 340 g/mol. The van der Waals surface area contributed by atoms with Gasteiger partial charge in [-0.15, -0.1) is 0 Å². The van der Waals surface area contributed by atoms with Gasteiger partial charge in [-0.2, -0.15) is 0 Å². The third-order valence-corrected chi connectivity index (χ3v) is 3.97. The Morgan fingerprint density at radius 2 is 1.33 bits per heavy atom. The highest BCUT2D eigenvalue weighted by Crippen LogP contribution is 2.20. The molecule has 0 spiro atoms. The molecule has 5 nitrogen and oxygen atoms in total. The number of benzene rings is 3. The smallest absolute Gasteiger partial charge is 0.337 e. The van der Waals surface area contributed by atoms with Gasteiger partial charge in [-0.25, -0.2) is 4.79 Å². The lowest BCUT2D eigenvalue weighted by Crippen LogP contribution is -2.14. The molecule has 136 valence electrons. The zero-order valence-corrected chi connectivity index (χ0v) is 14.9. The van der Waals surface area contributed by atoms with Crippen LogP contribution < -0.4 is 10.6 Å². The zero-order chi connectivity index (χ0) is 19.1. The molecule has 0 atom stereocenters. The first-order chi connectivity index (χ1) is 13.1. The molecule has 5 heteroatoms. The molecule has 0 saturated carbocycles. The fourth-order valence-electron chi connectivity index (χ4n) is 2.60. The number of carbonyl (C=O) groups excluding carboxylic acids is 2. The SMILES string of the molecule is COC(=O)c1ccc(Nc2ccc(NC(=O)Cc3ccccc3)cc2)cc1. The second-order valence-corrected chi connectivity index (χ2v) is 5.98. The van der Waals surface area contributed by atoms with E-state index in [1.165, 1.54) is 7.11 Å². The summed E-state index contributed by atoms with van der Waals surface area (Å²) < 4.78 is 4.68. The zero-order valence-electron chi connectivity index (χ0n) is 14.9. The fraction of sp³-hybridized carbons (Fsp3) is 0.0909. The van der Waals surface area contributed by atoms with Crippen LogP contribution in [0, 0.1) is 0 Å². The quantitative estimate of drug-likeness (QED) is 0.640. The van der Waals surface area contributed by atoms with Crippen molar-refractivity contribution in [2.45, 2.75) is 6.42 Å². The van der Waals surface area contributed by atoms with Crippen molar-refractivity contribution in [2.24, 2.45) is 0 Å². The average Bonchev–Trinajstić information content (AvgIpc) is 2.70. The fourth-order valence-corrected chi connectivity index (χ4v) is 2.60. The number of methoxy groups -OCH3 is 1. The molecule has 0 bridgehead atoms. The predicted molar refractivity (Wildman–Crippen MR) is 106 cm³/mol. The normalized spacial score (nSPS) is 10.1. The van der Waals surface area contributed by atoms with Crippen LogP contribution in [0.2, 0.25) is 0 Å². The number of anilines is 3. The van der Waals surface area contributed by atoms with Crippen molar-refractivity contribution < 1.29 is 14.3 Å². The van der Waals surface area contributed by atoms with E-state index in [0.717, 1.165) is 22.6 Å². The second-order valence-electron chi connectivity index (χ2n) is 5.98. The molecule has 0 fully saturated rings. The molecule has 1 amide bonds. The summed E-state index contributed by atoms with van der Waals surface area (Å²) in [6.45, 7) is 0. The Bertz CT molecular complexity index is 905. The summed E-state index contributed by atoms with van der Waals surface area (Å²) >= 11 is 0. The number of carbonyl (C=O) groups is 2. The first-order valence-electron chi connectivity index (χ1n) is 8.53. The van der Waals surface area contributed by atoms with Crippen LogP contribution in [-0.2, 0) is 16.0 Å². The number of esters is 1. The van der Waals surface area contributed by atoms with Gasteiger partial charge in [0.1, 0.15) is 0 Å². The summed E-state index contributed by atoms with van der Waals surface area (Å²) in [6.07, 6.45) is 0.341. The molecule has 0 aliphatic carbocycles. The first kappa shape index (κ1) is 18.2. The lowest BCUT2D eigenvalue weighted by molar-refractivity contribution is -0.115. The summed E-state index contributed by atoms with van der Waals surface area (Å²) in [5, 5.41) is 6.13. The van der Waals surface area contributed by atoms with Gasteiger partial charge in [0.05, 0.1) is 19.1 Å². The lowest BCUT2D eigenvalue weighted by Gasteiger charge is -2.09. The summed E-state index contributed by atoms with van der Waals surface area (Å²) in [4.78, 5) is 23.6. The van der Waals surface area contributed by atoms with Crippen molar-refractivity contribution in [1.82, 2.24) is 0 Å². The van der Waals surface area contributed by atoms with Crippen molar-refractivity contribution in [2.75, 3.05) is 17.7 Å². The average molecular weight is 360 g/mol. The van der Waals surface area contributed by atoms with E-state index in [0.29, 0.717) is 12.0 Å². The maximum atomic E-state index is 12.1. The molecule has 0 aliphatic heterocycles. The molecule has 3 rings (SSSR count). The highest BCUT2D eigenvalue weighted by molar-refractivity contribution is 5.92. The molecule has 0 unspecified atom stereocenters. The van der Waals surface area contributed by atoms with Crippen molar-refractivity contribution >= 4 is 28.9 Å². The number of rotatable bonds is 6. The lowest BCUT2D eigenvalue weighted by atomic mass is 10.1. The number of ether oxygens (including phenoxy) is 1. The highest BCUT2D eigenvalue weighted by Gasteiger charge is 2.06. The molecule has 27 heavy (non-hydrogen) atoms. The van der Waals surface area contributed by atoms with Crippen LogP contribution in [0.5, 0.6) is 0 Å². The van der Waals surface area contributed by atoms with E-state index in [-0.39, 0.29) is 11.9 Å². The minimum absolute atomic E-state index is 0.0553. The molecule has 0 radical (unpaired) electrons. The van der Waals surface area contributed by atoms with Gasteiger partial charge >= 0.3 is 5.97 Å². The number of hydrogen-bond acceptors (Lipinski definition) is 4. The van der Waals surface area contributed by atoms with E-state index < -0.39 is 0 Å². The molecular formula is C22H20N2O3. The molecule has 2 N–H and O–H groups in total. The van der Waals surface area contributed by atoms with E-state index in [1.807, 2.05) is 66.7 Å². The summed E-state index contributed by atoms with van der Waals surface area (Å²) in [5.41, 5.74) is 3.94.